The first-order valence-electron chi connectivity index (χ1n) is 9.09. The van der Waals surface area contributed by atoms with Crippen molar-refractivity contribution in [3.63, 3.8) is 0 Å². The fourth-order valence-corrected chi connectivity index (χ4v) is 5.24. The van der Waals surface area contributed by atoms with E-state index in [0.717, 1.165) is 57.8 Å². The molecule has 3 aliphatic rings. The van der Waals surface area contributed by atoms with E-state index in [0.29, 0.717) is 5.92 Å². The molecule has 0 aliphatic heterocycles. The number of hydrogen-bond acceptors (Lipinski definition) is 3. The van der Waals surface area contributed by atoms with Crippen molar-refractivity contribution in [3.05, 3.63) is 11.6 Å². The summed E-state index contributed by atoms with van der Waals surface area (Å²) in [6.45, 7) is 4.56. The number of aliphatic hydroxyl groups excluding tert-OH is 3. The molecule has 6 atom stereocenters. The van der Waals surface area contributed by atoms with Crippen LogP contribution in [-0.4, -0.2) is 33.6 Å². The standard InChI is InChI=1S/C19H32O3/c1-18(7-3-4-17(18)22)8-5-13-10-16(21)12-14-11-15(20)6-9-19(13,14)2/h12-13,15-17,20-22H,3-11H2,1-2H3. The first kappa shape index (κ1) is 16.5. The third kappa shape index (κ3) is 2.88. The smallest absolute Gasteiger partial charge is 0.0726 e. The van der Waals surface area contributed by atoms with Gasteiger partial charge in [-0.25, -0.2) is 0 Å². The third-order valence-corrected chi connectivity index (χ3v) is 7.10. The van der Waals surface area contributed by atoms with E-state index in [9.17, 15) is 15.3 Å². The summed E-state index contributed by atoms with van der Waals surface area (Å²) in [7, 11) is 0. The van der Waals surface area contributed by atoms with Gasteiger partial charge >= 0.3 is 0 Å². The minimum atomic E-state index is -0.361. The highest BCUT2D eigenvalue weighted by Gasteiger charge is 2.46. The van der Waals surface area contributed by atoms with Crippen LogP contribution in [0, 0.1) is 16.7 Å². The Labute approximate surface area is 134 Å². The Morgan fingerprint density at radius 1 is 1.14 bits per heavy atom. The second-order valence-electron chi connectivity index (χ2n) is 8.61. The largest absolute Gasteiger partial charge is 0.393 e. The summed E-state index contributed by atoms with van der Waals surface area (Å²) in [4.78, 5) is 0. The molecule has 2 saturated carbocycles. The molecule has 0 radical (unpaired) electrons. The third-order valence-electron chi connectivity index (χ3n) is 7.10. The van der Waals surface area contributed by atoms with Gasteiger partial charge in [-0.1, -0.05) is 31.9 Å². The predicted octanol–water partition coefficient (Wildman–Crippen LogP) is 3.18. The van der Waals surface area contributed by atoms with E-state index >= 15 is 0 Å². The molecule has 6 unspecified atom stereocenters. The minimum absolute atomic E-state index is 0.0663. The van der Waals surface area contributed by atoms with Gasteiger partial charge in [0.05, 0.1) is 18.3 Å². The van der Waals surface area contributed by atoms with Gasteiger partial charge in [-0.05, 0) is 68.1 Å². The van der Waals surface area contributed by atoms with E-state index < -0.39 is 0 Å². The van der Waals surface area contributed by atoms with Crippen molar-refractivity contribution in [1.29, 1.82) is 0 Å². The molecule has 3 rings (SSSR count). The molecule has 2 fully saturated rings. The molecule has 0 heterocycles. The molecular weight excluding hydrogens is 276 g/mol. The molecule has 0 saturated heterocycles. The highest BCUT2D eigenvalue weighted by molar-refractivity contribution is 5.24. The van der Waals surface area contributed by atoms with Gasteiger partial charge in [0.1, 0.15) is 0 Å². The van der Waals surface area contributed by atoms with Crippen LogP contribution in [0.3, 0.4) is 0 Å². The first-order valence-corrected chi connectivity index (χ1v) is 9.09. The van der Waals surface area contributed by atoms with Gasteiger partial charge in [-0.15, -0.1) is 0 Å². The molecular formula is C19H32O3. The quantitative estimate of drug-likeness (QED) is 0.702. The first-order chi connectivity index (χ1) is 10.3. The lowest BCUT2D eigenvalue weighted by molar-refractivity contribution is 0.0208. The van der Waals surface area contributed by atoms with Crippen LogP contribution in [0.25, 0.3) is 0 Å². The zero-order valence-corrected chi connectivity index (χ0v) is 14.1. The molecule has 3 heteroatoms. The molecule has 0 amide bonds. The van der Waals surface area contributed by atoms with Crippen LogP contribution in [0.15, 0.2) is 11.6 Å². The van der Waals surface area contributed by atoms with Crippen LogP contribution >= 0.6 is 0 Å². The highest BCUT2D eigenvalue weighted by Crippen LogP contribution is 2.53. The van der Waals surface area contributed by atoms with Crippen LogP contribution in [0.5, 0.6) is 0 Å². The summed E-state index contributed by atoms with van der Waals surface area (Å²) in [5, 5.41) is 30.4. The Bertz CT molecular complexity index is 446. The number of hydrogen-bond donors (Lipinski definition) is 3. The molecule has 0 aromatic heterocycles. The monoisotopic (exact) mass is 308 g/mol. The minimum Gasteiger partial charge on any atom is -0.393 e. The summed E-state index contributed by atoms with van der Waals surface area (Å²) in [5.41, 5.74) is 1.47. The Hall–Kier alpha value is -0.380. The van der Waals surface area contributed by atoms with Crippen LogP contribution in [-0.2, 0) is 0 Å². The van der Waals surface area contributed by atoms with Crippen LogP contribution in [0.4, 0.5) is 0 Å². The van der Waals surface area contributed by atoms with Crippen molar-refractivity contribution in [2.75, 3.05) is 0 Å². The van der Waals surface area contributed by atoms with Crippen LogP contribution in [0.2, 0.25) is 0 Å². The van der Waals surface area contributed by atoms with Crippen molar-refractivity contribution in [3.8, 4) is 0 Å². The topological polar surface area (TPSA) is 60.7 Å². The van der Waals surface area contributed by atoms with Crippen molar-refractivity contribution < 1.29 is 15.3 Å². The van der Waals surface area contributed by atoms with Gasteiger partial charge in [-0.3, -0.25) is 0 Å². The molecule has 0 bridgehead atoms. The van der Waals surface area contributed by atoms with E-state index in [1.54, 1.807) is 0 Å². The maximum Gasteiger partial charge on any atom is 0.0726 e. The van der Waals surface area contributed by atoms with Crippen molar-refractivity contribution in [2.24, 2.45) is 16.7 Å². The average Bonchev–Trinajstić information content (AvgIpc) is 2.78. The van der Waals surface area contributed by atoms with E-state index in [2.05, 4.69) is 13.8 Å². The lowest BCUT2D eigenvalue weighted by Gasteiger charge is -2.49. The molecule has 3 nitrogen and oxygen atoms in total. The maximum absolute atomic E-state index is 10.3. The summed E-state index contributed by atoms with van der Waals surface area (Å²) in [6.07, 6.45) is 10.1. The number of fused-ring (bicyclic) bond motifs is 1. The lowest BCUT2D eigenvalue weighted by Crippen LogP contribution is -2.42. The molecule has 3 N–H and O–H groups in total. The number of aliphatic hydroxyl groups is 3. The molecule has 22 heavy (non-hydrogen) atoms. The Kier molecular flexibility index (Phi) is 4.43. The Balaban J connectivity index is 1.72. The second-order valence-corrected chi connectivity index (χ2v) is 8.61. The van der Waals surface area contributed by atoms with Gasteiger partial charge in [0.15, 0.2) is 0 Å². The fourth-order valence-electron chi connectivity index (χ4n) is 5.24. The fraction of sp³-hybridized carbons (Fsp3) is 0.895. The van der Waals surface area contributed by atoms with Crippen molar-refractivity contribution >= 4 is 0 Å². The second kappa shape index (κ2) is 5.92. The van der Waals surface area contributed by atoms with E-state index in [1.807, 2.05) is 6.08 Å². The summed E-state index contributed by atoms with van der Waals surface area (Å²) in [5.74, 6) is 0.472. The summed E-state index contributed by atoms with van der Waals surface area (Å²) < 4.78 is 0. The van der Waals surface area contributed by atoms with E-state index in [-0.39, 0.29) is 29.1 Å². The maximum atomic E-state index is 10.3. The van der Waals surface area contributed by atoms with Gasteiger partial charge in [-0.2, -0.15) is 0 Å². The van der Waals surface area contributed by atoms with Gasteiger partial charge < -0.3 is 15.3 Å². The molecule has 3 aliphatic carbocycles. The van der Waals surface area contributed by atoms with E-state index in [1.165, 1.54) is 5.57 Å². The summed E-state index contributed by atoms with van der Waals surface area (Å²) in [6, 6.07) is 0. The molecule has 0 aromatic rings. The van der Waals surface area contributed by atoms with Crippen LogP contribution < -0.4 is 0 Å². The zero-order chi connectivity index (χ0) is 16.0. The highest BCUT2D eigenvalue weighted by atomic mass is 16.3. The average molecular weight is 308 g/mol. The van der Waals surface area contributed by atoms with Crippen molar-refractivity contribution in [2.45, 2.75) is 89.9 Å². The zero-order valence-electron chi connectivity index (χ0n) is 14.1. The predicted molar refractivity (Wildman–Crippen MR) is 87.4 cm³/mol. The van der Waals surface area contributed by atoms with Gasteiger partial charge in [0, 0.05) is 0 Å². The summed E-state index contributed by atoms with van der Waals surface area (Å²) >= 11 is 0. The molecule has 126 valence electrons. The SMILES string of the molecule is CC1(CCC2CC(O)C=C3CC(O)CCC32C)CCCC1O. The van der Waals surface area contributed by atoms with Gasteiger partial charge in [0.25, 0.3) is 0 Å². The Morgan fingerprint density at radius 3 is 2.59 bits per heavy atom. The molecule has 0 aromatic carbocycles. The van der Waals surface area contributed by atoms with Gasteiger partial charge in [0.2, 0.25) is 0 Å². The Morgan fingerprint density at radius 2 is 1.91 bits per heavy atom. The normalized spacial score (nSPS) is 48.9. The number of rotatable bonds is 3. The lowest BCUT2D eigenvalue weighted by atomic mass is 9.57. The van der Waals surface area contributed by atoms with Crippen LogP contribution in [0.1, 0.15) is 71.6 Å². The van der Waals surface area contributed by atoms with Crippen molar-refractivity contribution in [1.82, 2.24) is 0 Å². The molecule has 0 spiro atoms. The van der Waals surface area contributed by atoms with E-state index in [4.69, 9.17) is 0 Å².